The molecule has 0 aliphatic carbocycles. The number of nitrogens with zero attached hydrogens (tertiary/aromatic N) is 6. The zero-order valence-electron chi connectivity index (χ0n) is 23.7. The van der Waals surface area contributed by atoms with Crippen molar-refractivity contribution in [3.63, 3.8) is 0 Å². The van der Waals surface area contributed by atoms with Crippen molar-refractivity contribution in [2.75, 3.05) is 51.6 Å². The molecule has 3 heterocycles. The monoisotopic (exact) mass is 559 g/mol. The largest absolute Gasteiger partial charge is 0.494 e. The lowest BCUT2D eigenvalue weighted by Gasteiger charge is -2.27. The molecule has 12 nitrogen and oxygen atoms in total. The van der Waals surface area contributed by atoms with Gasteiger partial charge < -0.3 is 29.2 Å². The summed E-state index contributed by atoms with van der Waals surface area (Å²) in [4.78, 5) is 37.6. The first kappa shape index (κ1) is 27.8. The molecule has 5 rings (SSSR count). The molecule has 0 amide bonds. The minimum absolute atomic E-state index is 0.0723. The molecule has 41 heavy (non-hydrogen) atoms. The highest BCUT2D eigenvalue weighted by molar-refractivity contribution is 6.02. The number of benzene rings is 2. The number of esters is 1. The third kappa shape index (κ3) is 5.38. The molecule has 1 atom stereocenters. The predicted molar refractivity (Wildman–Crippen MR) is 157 cm³/mol. The van der Waals surface area contributed by atoms with Gasteiger partial charge in [0.25, 0.3) is 5.69 Å². The topological polar surface area (TPSA) is 128 Å². The quantitative estimate of drug-likeness (QED) is 0.176. The smallest absolute Gasteiger partial charge is 0.341 e. The van der Waals surface area contributed by atoms with E-state index in [0.29, 0.717) is 35.4 Å². The highest BCUT2D eigenvalue weighted by Crippen LogP contribution is 2.40. The number of nitro benzene ring substituents is 1. The maximum atomic E-state index is 12.7. The zero-order chi connectivity index (χ0) is 29.3. The molecule has 1 aliphatic rings. The Morgan fingerprint density at radius 2 is 2.02 bits per heavy atom. The molecule has 1 N–H and O–H groups in total. The normalized spacial score (nSPS) is 15.2. The summed E-state index contributed by atoms with van der Waals surface area (Å²) in [5.41, 5.74) is 2.96. The molecule has 1 fully saturated rings. The third-order valence-corrected chi connectivity index (χ3v) is 7.65. The Kier molecular flexibility index (Phi) is 7.75. The number of nitro groups is 1. The number of likely N-dealkylation sites (N-methyl/N-ethyl adjacent to an activating group) is 2. The summed E-state index contributed by atoms with van der Waals surface area (Å²) < 4.78 is 12.6. The van der Waals surface area contributed by atoms with Gasteiger partial charge in [-0.1, -0.05) is 18.2 Å². The molecule has 214 valence electrons. The van der Waals surface area contributed by atoms with Crippen LogP contribution in [0.4, 0.5) is 23.0 Å². The van der Waals surface area contributed by atoms with Crippen molar-refractivity contribution in [1.29, 1.82) is 0 Å². The van der Waals surface area contributed by atoms with Crippen LogP contribution < -0.4 is 15.0 Å². The fourth-order valence-electron chi connectivity index (χ4n) is 5.46. The van der Waals surface area contributed by atoms with Crippen LogP contribution in [0.3, 0.4) is 0 Å². The van der Waals surface area contributed by atoms with E-state index in [1.807, 2.05) is 54.0 Å². The number of aryl methyl sites for hydroxylation is 1. The SMILES string of the molecule is COC(=O)c1cnc(Nc2cc([N+](=O)[O-])c(N(C)CC3CCCN3C)cc2OC)nc1-c1cn(C)c2ccccc12. The van der Waals surface area contributed by atoms with Crippen molar-refractivity contribution in [1.82, 2.24) is 19.4 Å². The number of anilines is 3. The standard InChI is InChI=1S/C29H33N7O5/c1-33-12-8-9-18(33)16-34(2)24-14-26(40-4)22(13-25(24)36(38)39)31-29-30-15-20(28(37)41-5)27(32-29)21-17-35(3)23-11-7-6-10-19(21)23/h6-7,10-11,13-15,17-18H,8-9,12,16H2,1-5H3,(H,30,31,32). The second-order valence-corrected chi connectivity index (χ2v) is 10.2. The Bertz CT molecular complexity index is 1620. The van der Waals surface area contributed by atoms with Crippen molar-refractivity contribution in [2.45, 2.75) is 18.9 Å². The van der Waals surface area contributed by atoms with E-state index < -0.39 is 10.9 Å². The average molecular weight is 560 g/mol. The Morgan fingerprint density at radius 3 is 2.71 bits per heavy atom. The van der Waals surface area contributed by atoms with Gasteiger partial charge in [-0.05, 0) is 32.5 Å². The molecule has 12 heteroatoms. The average Bonchev–Trinajstić information content (AvgIpc) is 3.54. The number of methoxy groups -OCH3 is 2. The fraction of sp³-hybridized carbons (Fsp3) is 0.345. The molecule has 2 aromatic heterocycles. The van der Waals surface area contributed by atoms with Crippen molar-refractivity contribution >= 4 is 39.9 Å². The summed E-state index contributed by atoms with van der Waals surface area (Å²) in [5, 5.41) is 16.1. The molecule has 1 unspecified atom stereocenters. The maximum absolute atomic E-state index is 12.7. The summed E-state index contributed by atoms with van der Waals surface area (Å²) in [5.74, 6) is -0.0422. The molecule has 0 spiro atoms. The van der Waals surface area contributed by atoms with Gasteiger partial charge in [0, 0.05) is 67.7 Å². The van der Waals surface area contributed by atoms with Crippen molar-refractivity contribution in [3.8, 4) is 17.0 Å². The van der Waals surface area contributed by atoms with E-state index in [1.54, 1.807) is 6.07 Å². The molecular formula is C29H33N7O5. The van der Waals surface area contributed by atoms with Gasteiger partial charge in [-0.15, -0.1) is 0 Å². The van der Waals surface area contributed by atoms with Gasteiger partial charge in [-0.2, -0.15) is 0 Å². The number of para-hydroxylation sites is 1. The van der Waals surface area contributed by atoms with Crippen molar-refractivity contribution in [3.05, 3.63) is 64.5 Å². The van der Waals surface area contributed by atoms with Gasteiger partial charge >= 0.3 is 5.97 Å². The molecule has 0 saturated carbocycles. The molecule has 0 radical (unpaired) electrons. The summed E-state index contributed by atoms with van der Waals surface area (Å²) in [7, 11) is 8.65. The number of fused-ring (bicyclic) bond motifs is 1. The molecule has 0 bridgehead atoms. The highest BCUT2D eigenvalue weighted by Gasteiger charge is 2.27. The van der Waals surface area contributed by atoms with Gasteiger partial charge in [-0.25, -0.2) is 14.8 Å². The maximum Gasteiger partial charge on any atom is 0.341 e. The Labute approximate surface area is 237 Å². The van der Waals surface area contributed by atoms with Crippen LogP contribution >= 0.6 is 0 Å². The Morgan fingerprint density at radius 1 is 1.24 bits per heavy atom. The first-order valence-electron chi connectivity index (χ1n) is 13.3. The van der Waals surface area contributed by atoms with E-state index in [4.69, 9.17) is 9.47 Å². The van der Waals surface area contributed by atoms with Gasteiger partial charge in [-0.3, -0.25) is 10.1 Å². The van der Waals surface area contributed by atoms with Crippen LogP contribution in [0.1, 0.15) is 23.2 Å². The lowest BCUT2D eigenvalue weighted by Crippen LogP contribution is -2.36. The fourth-order valence-corrected chi connectivity index (χ4v) is 5.46. The number of ether oxygens (including phenoxy) is 2. The summed E-state index contributed by atoms with van der Waals surface area (Å²) in [6.45, 7) is 1.67. The van der Waals surface area contributed by atoms with Crippen LogP contribution in [-0.2, 0) is 11.8 Å². The number of carbonyl (C=O) groups is 1. The number of likely N-dealkylation sites (tertiary alicyclic amines) is 1. The summed E-state index contributed by atoms with van der Waals surface area (Å²) in [6, 6.07) is 11.2. The lowest BCUT2D eigenvalue weighted by molar-refractivity contribution is -0.384. The van der Waals surface area contributed by atoms with Gasteiger partial charge in [0.1, 0.15) is 17.0 Å². The Balaban J connectivity index is 1.55. The molecular weight excluding hydrogens is 526 g/mol. The van der Waals surface area contributed by atoms with E-state index in [0.717, 1.165) is 35.9 Å². The van der Waals surface area contributed by atoms with Crippen molar-refractivity contribution in [2.24, 2.45) is 7.05 Å². The number of aromatic nitrogens is 3. The van der Waals surface area contributed by atoms with E-state index in [2.05, 4.69) is 27.2 Å². The number of nitrogens with one attached hydrogen (secondary N) is 1. The summed E-state index contributed by atoms with van der Waals surface area (Å²) >= 11 is 0. The molecule has 1 aliphatic heterocycles. The number of hydrogen-bond donors (Lipinski definition) is 1. The Hall–Kier alpha value is -4.71. The molecule has 4 aromatic rings. The van der Waals surface area contributed by atoms with Crippen LogP contribution in [0.25, 0.3) is 22.2 Å². The minimum Gasteiger partial charge on any atom is -0.494 e. The first-order valence-corrected chi connectivity index (χ1v) is 13.3. The summed E-state index contributed by atoms with van der Waals surface area (Å²) in [6.07, 6.45) is 5.43. The van der Waals surface area contributed by atoms with Gasteiger partial charge in [0.05, 0.1) is 30.5 Å². The van der Waals surface area contributed by atoms with Crippen LogP contribution in [0.2, 0.25) is 0 Å². The number of rotatable bonds is 9. The van der Waals surface area contributed by atoms with E-state index in [-0.39, 0.29) is 17.2 Å². The predicted octanol–water partition coefficient (Wildman–Crippen LogP) is 4.61. The second-order valence-electron chi connectivity index (χ2n) is 10.2. The minimum atomic E-state index is -0.576. The van der Waals surface area contributed by atoms with Crippen LogP contribution in [0.5, 0.6) is 5.75 Å². The van der Waals surface area contributed by atoms with Crippen LogP contribution in [-0.4, -0.2) is 77.8 Å². The van der Waals surface area contributed by atoms with Gasteiger partial charge in [0.2, 0.25) is 5.95 Å². The lowest BCUT2D eigenvalue weighted by atomic mass is 10.1. The highest BCUT2D eigenvalue weighted by atomic mass is 16.6. The van der Waals surface area contributed by atoms with Crippen LogP contribution in [0, 0.1) is 10.1 Å². The molecule has 2 aromatic carbocycles. The van der Waals surface area contributed by atoms with Gasteiger partial charge in [0.15, 0.2) is 0 Å². The van der Waals surface area contributed by atoms with E-state index in [9.17, 15) is 14.9 Å². The zero-order valence-corrected chi connectivity index (χ0v) is 23.7. The van der Waals surface area contributed by atoms with Crippen molar-refractivity contribution < 1.29 is 19.2 Å². The van der Waals surface area contributed by atoms with Crippen LogP contribution in [0.15, 0.2) is 48.8 Å². The van der Waals surface area contributed by atoms with E-state index in [1.165, 1.54) is 26.5 Å². The number of hydrogen-bond acceptors (Lipinski definition) is 10. The first-order chi connectivity index (χ1) is 19.7. The van der Waals surface area contributed by atoms with E-state index >= 15 is 0 Å². The third-order valence-electron chi connectivity index (χ3n) is 7.65. The number of carbonyl (C=O) groups excluding carboxylic acids is 1. The molecule has 1 saturated heterocycles. The second kappa shape index (κ2) is 11.4.